The predicted molar refractivity (Wildman–Crippen MR) is 77.3 cm³/mol. The van der Waals surface area contributed by atoms with Crippen LogP contribution < -0.4 is 11.1 Å². The Balaban J connectivity index is 2.74. The maximum atomic E-state index is 12.0. The van der Waals surface area contributed by atoms with Gasteiger partial charge in [-0.15, -0.1) is 0 Å². The fraction of sp³-hybridized carbons (Fsp3) is 0.308. The first-order chi connectivity index (χ1) is 9.81. The van der Waals surface area contributed by atoms with Crippen molar-refractivity contribution in [2.24, 2.45) is 0 Å². The van der Waals surface area contributed by atoms with Crippen LogP contribution in [0.5, 0.6) is 0 Å². The van der Waals surface area contributed by atoms with Gasteiger partial charge in [-0.25, -0.2) is 4.79 Å². The molecule has 1 unspecified atom stereocenters. The zero-order chi connectivity index (χ0) is 16.0. The van der Waals surface area contributed by atoms with Crippen LogP contribution in [0.4, 0.5) is 0 Å². The van der Waals surface area contributed by atoms with E-state index in [2.05, 4.69) is 5.32 Å². The van der Waals surface area contributed by atoms with Crippen molar-refractivity contribution in [3.05, 3.63) is 33.8 Å². The van der Waals surface area contributed by atoms with Crippen LogP contribution in [-0.2, 0) is 9.59 Å². The zero-order valence-electron chi connectivity index (χ0n) is 10.9. The fourth-order valence-electron chi connectivity index (χ4n) is 1.63. The quantitative estimate of drug-likeness (QED) is 0.797. The molecule has 1 aromatic rings. The summed E-state index contributed by atoms with van der Waals surface area (Å²) in [6.45, 7) is 0. The Morgan fingerprint density at radius 3 is 2.52 bits per heavy atom. The summed E-state index contributed by atoms with van der Waals surface area (Å²) in [5.74, 6) is -2.66. The van der Waals surface area contributed by atoms with E-state index in [9.17, 15) is 14.4 Å². The van der Waals surface area contributed by atoms with E-state index in [1.54, 1.807) is 0 Å². The number of carbonyl (C=O) groups is 3. The molecule has 6 nitrogen and oxygen atoms in total. The normalized spacial score (nSPS) is 11.7. The highest BCUT2D eigenvalue weighted by Gasteiger charge is 2.22. The third-order valence-corrected chi connectivity index (χ3v) is 3.24. The number of halogens is 2. The number of benzene rings is 1. The van der Waals surface area contributed by atoms with Crippen molar-refractivity contribution >= 4 is 41.0 Å². The largest absolute Gasteiger partial charge is 0.480 e. The summed E-state index contributed by atoms with van der Waals surface area (Å²) in [4.78, 5) is 33.6. The molecule has 1 rings (SSSR count). The van der Waals surface area contributed by atoms with Crippen molar-refractivity contribution < 1.29 is 19.5 Å². The first kappa shape index (κ1) is 17.3. The molecule has 0 fully saturated rings. The van der Waals surface area contributed by atoms with Crippen LogP contribution in [0.15, 0.2) is 18.2 Å². The number of aliphatic carboxylic acids is 1. The maximum absolute atomic E-state index is 12.0. The molecule has 113 valence electrons. The van der Waals surface area contributed by atoms with Gasteiger partial charge in [-0.2, -0.15) is 0 Å². The minimum atomic E-state index is -1.22. The summed E-state index contributed by atoms with van der Waals surface area (Å²) in [6, 6.07) is 3.13. The topological polar surface area (TPSA) is 107 Å². The minimum absolute atomic E-state index is 0.0455. The van der Waals surface area contributed by atoms with Crippen molar-refractivity contribution in [1.29, 1.82) is 0 Å². The molecule has 0 spiro atoms. The highest BCUT2D eigenvalue weighted by molar-refractivity contribution is 6.35. The second-order valence-corrected chi connectivity index (χ2v) is 5.15. The number of carbonyl (C=O) groups excluding carboxylic acids is 2. The van der Waals surface area contributed by atoms with E-state index in [0.29, 0.717) is 5.02 Å². The van der Waals surface area contributed by atoms with E-state index in [1.807, 2.05) is 0 Å². The molecular weight excluding hydrogens is 319 g/mol. The number of rotatable bonds is 7. The highest BCUT2D eigenvalue weighted by Crippen LogP contribution is 2.20. The van der Waals surface area contributed by atoms with Gasteiger partial charge >= 0.3 is 5.97 Å². The third-order valence-electron chi connectivity index (χ3n) is 2.67. The van der Waals surface area contributed by atoms with Gasteiger partial charge in [0.1, 0.15) is 6.04 Å². The average molecular weight is 332 g/mol. The van der Waals surface area contributed by atoms with Gasteiger partial charge in [0.15, 0.2) is 0 Å². The standard InChI is InChI=1S/C13H13Cl2N2O4/c14-7-4-5-9(15)8(6-7)12(19)17-10(13(20)21)2-1-3-11(16)18/h4-6,10,16H,1-3H2,(H,17,19)(H,20,21). The Morgan fingerprint density at radius 2 is 1.95 bits per heavy atom. The van der Waals surface area contributed by atoms with Gasteiger partial charge in [-0.1, -0.05) is 23.2 Å². The summed E-state index contributed by atoms with van der Waals surface area (Å²) in [5, 5.41) is 11.8. The van der Waals surface area contributed by atoms with Crippen LogP contribution in [0.3, 0.4) is 0 Å². The lowest BCUT2D eigenvalue weighted by atomic mass is 10.1. The Kier molecular flexibility index (Phi) is 6.45. The lowest BCUT2D eigenvalue weighted by molar-refractivity contribution is -0.139. The number of hydrogen-bond acceptors (Lipinski definition) is 3. The molecule has 1 atom stereocenters. The van der Waals surface area contributed by atoms with E-state index >= 15 is 0 Å². The van der Waals surface area contributed by atoms with Crippen LogP contribution in [0.1, 0.15) is 29.6 Å². The zero-order valence-corrected chi connectivity index (χ0v) is 12.4. The van der Waals surface area contributed by atoms with Crippen molar-refractivity contribution in [3.8, 4) is 0 Å². The maximum Gasteiger partial charge on any atom is 0.326 e. The molecule has 0 aromatic heterocycles. The van der Waals surface area contributed by atoms with E-state index in [-0.39, 0.29) is 29.8 Å². The Morgan fingerprint density at radius 1 is 1.29 bits per heavy atom. The fourth-order valence-corrected chi connectivity index (χ4v) is 2.01. The molecule has 0 aliphatic heterocycles. The summed E-state index contributed by atoms with van der Waals surface area (Å²) < 4.78 is 0. The second-order valence-electron chi connectivity index (χ2n) is 4.30. The predicted octanol–water partition coefficient (Wildman–Crippen LogP) is 2.16. The summed E-state index contributed by atoms with van der Waals surface area (Å²) in [6.07, 6.45) is 0.185. The van der Waals surface area contributed by atoms with Crippen LogP contribution in [-0.4, -0.2) is 28.9 Å². The first-order valence-corrected chi connectivity index (χ1v) is 6.80. The average Bonchev–Trinajstić information content (AvgIpc) is 2.39. The minimum Gasteiger partial charge on any atom is -0.480 e. The molecule has 0 heterocycles. The molecule has 3 N–H and O–H groups in total. The molecule has 21 heavy (non-hydrogen) atoms. The molecule has 0 aliphatic rings. The van der Waals surface area contributed by atoms with Crippen molar-refractivity contribution in [1.82, 2.24) is 11.1 Å². The molecule has 1 radical (unpaired) electrons. The van der Waals surface area contributed by atoms with Crippen molar-refractivity contribution in [3.63, 3.8) is 0 Å². The van der Waals surface area contributed by atoms with Gasteiger partial charge in [-0.05, 0) is 31.0 Å². The number of amides is 2. The van der Waals surface area contributed by atoms with Crippen LogP contribution in [0.2, 0.25) is 10.0 Å². The van der Waals surface area contributed by atoms with E-state index < -0.39 is 23.8 Å². The molecule has 0 saturated heterocycles. The highest BCUT2D eigenvalue weighted by atomic mass is 35.5. The Hall–Kier alpha value is -1.79. The van der Waals surface area contributed by atoms with Gasteiger partial charge in [0.25, 0.3) is 5.91 Å². The number of hydrogen-bond donors (Lipinski definition) is 2. The van der Waals surface area contributed by atoms with Crippen molar-refractivity contribution in [2.45, 2.75) is 25.3 Å². The smallest absolute Gasteiger partial charge is 0.326 e. The van der Waals surface area contributed by atoms with E-state index in [0.717, 1.165) is 0 Å². The SMILES string of the molecule is [NH]C(=O)CCCC(NC(=O)c1cc(Cl)ccc1Cl)C(=O)O. The molecule has 0 saturated carbocycles. The van der Waals surface area contributed by atoms with Gasteiger partial charge in [-0.3, -0.25) is 15.3 Å². The third kappa shape index (κ3) is 5.61. The number of nitrogens with one attached hydrogen (secondary N) is 2. The lowest BCUT2D eigenvalue weighted by Crippen LogP contribution is -2.40. The molecular formula is C13H13Cl2N2O4. The lowest BCUT2D eigenvalue weighted by Gasteiger charge is -2.14. The summed E-state index contributed by atoms with van der Waals surface area (Å²) >= 11 is 11.6. The monoisotopic (exact) mass is 331 g/mol. The summed E-state index contributed by atoms with van der Waals surface area (Å²) in [7, 11) is 0. The first-order valence-electron chi connectivity index (χ1n) is 6.04. The molecule has 1 aromatic carbocycles. The summed E-state index contributed by atoms with van der Waals surface area (Å²) in [5.41, 5.74) is 6.83. The number of carboxylic acids is 1. The van der Waals surface area contributed by atoms with E-state index in [4.69, 9.17) is 34.0 Å². The Labute approximate surface area is 131 Å². The van der Waals surface area contributed by atoms with Crippen LogP contribution in [0, 0.1) is 0 Å². The van der Waals surface area contributed by atoms with Gasteiger partial charge in [0.05, 0.1) is 10.6 Å². The number of carboxylic acid groups (broad SMARTS) is 1. The van der Waals surface area contributed by atoms with E-state index in [1.165, 1.54) is 18.2 Å². The Bertz CT molecular complexity index is 563. The molecule has 2 amide bonds. The molecule has 0 aliphatic carbocycles. The van der Waals surface area contributed by atoms with Gasteiger partial charge < -0.3 is 10.4 Å². The van der Waals surface area contributed by atoms with Crippen LogP contribution in [0.25, 0.3) is 0 Å². The second kappa shape index (κ2) is 7.85. The van der Waals surface area contributed by atoms with Gasteiger partial charge in [0.2, 0.25) is 5.91 Å². The molecule has 8 heteroatoms. The van der Waals surface area contributed by atoms with Crippen molar-refractivity contribution in [2.75, 3.05) is 0 Å². The van der Waals surface area contributed by atoms with Crippen LogP contribution >= 0.6 is 23.2 Å². The van der Waals surface area contributed by atoms with Gasteiger partial charge in [0, 0.05) is 11.4 Å². The molecule has 0 bridgehead atoms.